The van der Waals surface area contributed by atoms with Crippen molar-refractivity contribution in [2.24, 2.45) is 0 Å². The Labute approximate surface area is 88.4 Å². The number of sulfonamides is 1. The molecule has 0 heterocycles. The van der Waals surface area contributed by atoms with Crippen molar-refractivity contribution >= 4 is 15.7 Å². The number of hydrogen-bond donors (Lipinski definition) is 1. The fourth-order valence-electron chi connectivity index (χ4n) is 1.03. The fraction of sp³-hybridized carbons (Fsp3) is 0.200. The Bertz CT molecular complexity index is 526. The number of nitrogens with one attached hydrogen (secondary N) is 1. The van der Waals surface area contributed by atoms with Crippen molar-refractivity contribution in [3.05, 3.63) is 29.6 Å². The van der Waals surface area contributed by atoms with Crippen LogP contribution in [0.3, 0.4) is 0 Å². The first kappa shape index (κ1) is 11.5. The molecule has 0 aliphatic rings. The summed E-state index contributed by atoms with van der Waals surface area (Å²) in [5.74, 6) is 4.58. The second-order valence-electron chi connectivity index (χ2n) is 2.94. The van der Waals surface area contributed by atoms with Crippen molar-refractivity contribution in [2.75, 3.05) is 11.0 Å². The molecule has 0 unspecified atom stereocenters. The van der Waals surface area contributed by atoms with Gasteiger partial charge in [-0.05, 0) is 25.1 Å². The van der Waals surface area contributed by atoms with Gasteiger partial charge in [0.25, 0.3) is 0 Å². The minimum absolute atomic E-state index is 0.191. The number of hydrogen-bond acceptors (Lipinski definition) is 2. The molecule has 0 spiro atoms. The van der Waals surface area contributed by atoms with E-state index < -0.39 is 15.8 Å². The number of halogens is 1. The molecule has 5 heteroatoms. The van der Waals surface area contributed by atoms with Gasteiger partial charge in [-0.25, -0.2) is 12.8 Å². The lowest BCUT2D eigenvalue weighted by atomic mass is 10.2. The van der Waals surface area contributed by atoms with Crippen LogP contribution in [0.5, 0.6) is 0 Å². The molecule has 0 bridgehead atoms. The first-order valence-corrected chi connectivity index (χ1v) is 6.01. The van der Waals surface area contributed by atoms with Gasteiger partial charge in [-0.1, -0.05) is 5.92 Å². The lowest BCUT2D eigenvalue weighted by Crippen LogP contribution is -2.09. The van der Waals surface area contributed by atoms with Crippen LogP contribution in [0.15, 0.2) is 18.2 Å². The van der Waals surface area contributed by atoms with E-state index in [1.165, 1.54) is 12.1 Å². The molecule has 15 heavy (non-hydrogen) atoms. The van der Waals surface area contributed by atoms with Gasteiger partial charge < -0.3 is 0 Å². The van der Waals surface area contributed by atoms with E-state index in [-0.39, 0.29) is 11.3 Å². The van der Waals surface area contributed by atoms with Gasteiger partial charge in [0.2, 0.25) is 10.0 Å². The van der Waals surface area contributed by atoms with Crippen LogP contribution in [0.25, 0.3) is 0 Å². The van der Waals surface area contributed by atoms with Crippen LogP contribution >= 0.6 is 0 Å². The molecule has 0 saturated heterocycles. The summed E-state index contributed by atoms with van der Waals surface area (Å²) < 4.78 is 37.2. The number of benzene rings is 1. The summed E-state index contributed by atoms with van der Waals surface area (Å²) in [6, 6.07) is 3.99. The molecule has 0 radical (unpaired) electrons. The van der Waals surface area contributed by atoms with Crippen molar-refractivity contribution in [1.29, 1.82) is 0 Å². The van der Waals surface area contributed by atoms with Crippen LogP contribution in [0.4, 0.5) is 10.1 Å². The van der Waals surface area contributed by atoms with Crippen molar-refractivity contribution in [2.45, 2.75) is 6.92 Å². The standard InChI is InChI=1S/C10H10FNO2S/c1-3-4-8-5-6-9(7-10(8)11)12-15(2,13)14/h5-7,12H,1-2H3. The van der Waals surface area contributed by atoms with Crippen molar-refractivity contribution in [3.8, 4) is 11.8 Å². The van der Waals surface area contributed by atoms with Crippen LogP contribution in [-0.2, 0) is 10.0 Å². The lowest BCUT2D eigenvalue weighted by molar-refractivity contribution is 0.606. The average molecular weight is 227 g/mol. The predicted octanol–water partition coefficient (Wildman–Crippen LogP) is 1.57. The van der Waals surface area contributed by atoms with E-state index in [4.69, 9.17) is 0 Å². The molecular formula is C10H10FNO2S. The second kappa shape index (κ2) is 4.32. The van der Waals surface area contributed by atoms with Gasteiger partial charge in [0, 0.05) is 0 Å². The highest BCUT2D eigenvalue weighted by Crippen LogP contribution is 2.14. The van der Waals surface area contributed by atoms with E-state index in [0.717, 1.165) is 12.3 Å². The van der Waals surface area contributed by atoms with Crippen molar-refractivity contribution in [3.63, 3.8) is 0 Å². The summed E-state index contributed by atoms with van der Waals surface area (Å²) in [4.78, 5) is 0. The van der Waals surface area contributed by atoms with Crippen LogP contribution in [0.1, 0.15) is 12.5 Å². The van der Waals surface area contributed by atoms with Gasteiger partial charge in [0.05, 0.1) is 17.5 Å². The van der Waals surface area contributed by atoms with Crippen molar-refractivity contribution in [1.82, 2.24) is 0 Å². The van der Waals surface area contributed by atoms with Crippen LogP contribution in [0.2, 0.25) is 0 Å². The average Bonchev–Trinajstić information content (AvgIpc) is 2.07. The van der Waals surface area contributed by atoms with Gasteiger partial charge in [0.1, 0.15) is 5.82 Å². The molecule has 3 nitrogen and oxygen atoms in total. The zero-order valence-corrected chi connectivity index (χ0v) is 9.15. The lowest BCUT2D eigenvalue weighted by Gasteiger charge is -2.04. The highest BCUT2D eigenvalue weighted by molar-refractivity contribution is 7.92. The molecule has 1 rings (SSSR count). The third kappa shape index (κ3) is 3.60. The summed E-state index contributed by atoms with van der Waals surface area (Å²) in [5, 5.41) is 0. The van der Waals surface area contributed by atoms with Crippen LogP contribution in [-0.4, -0.2) is 14.7 Å². The molecule has 80 valence electrons. The first-order valence-electron chi connectivity index (χ1n) is 4.12. The summed E-state index contributed by atoms with van der Waals surface area (Å²) >= 11 is 0. The number of rotatable bonds is 2. The van der Waals surface area contributed by atoms with E-state index in [0.29, 0.717) is 0 Å². The summed E-state index contributed by atoms with van der Waals surface area (Å²) in [7, 11) is -3.37. The number of anilines is 1. The van der Waals surface area contributed by atoms with E-state index >= 15 is 0 Å². The Hall–Kier alpha value is -1.54. The van der Waals surface area contributed by atoms with E-state index in [2.05, 4.69) is 16.6 Å². The summed E-state index contributed by atoms with van der Waals surface area (Å²) in [5.41, 5.74) is 0.438. The molecular weight excluding hydrogens is 217 g/mol. The third-order valence-corrected chi connectivity index (χ3v) is 2.14. The predicted molar refractivity (Wildman–Crippen MR) is 57.4 cm³/mol. The Kier molecular flexibility index (Phi) is 3.32. The monoisotopic (exact) mass is 227 g/mol. The van der Waals surface area contributed by atoms with E-state index in [1.807, 2.05) is 0 Å². The van der Waals surface area contributed by atoms with Gasteiger partial charge in [-0.3, -0.25) is 4.72 Å². The SMILES string of the molecule is CC#Cc1ccc(NS(C)(=O)=O)cc1F. The molecule has 0 saturated carbocycles. The molecule has 0 aliphatic carbocycles. The molecule has 1 aromatic carbocycles. The maximum Gasteiger partial charge on any atom is 0.229 e. The molecule has 0 aromatic heterocycles. The second-order valence-corrected chi connectivity index (χ2v) is 4.69. The molecule has 0 fully saturated rings. The van der Waals surface area contributed by atoms with Crippen molar-refractivity contribution < 1.29 is 12.8 Å². The highest BCUT2D eigenvalue weighted by atomic mass is 32.2. The van der Waals surface area contributed by atoms with E-state index in [1.54, 1.807) is 6.92 Å². The van der Waals surface area contributed by atoms with Crippen LogP contribution < -0.4 is 4.72 Å². The molecule has 0 aliphatic heterocycles. The van der Waals surface area contributed by atoms with Crippen LogP contribution in [0, 0.1) is 17.7 Å². The van der Waals surface area contributed by atoms with Gasteiger partial charge in [0.15, 0.2) is 0 Å². The molecule has 0 atom stereocenters. The minimum Gasteiger partial charge on any atom is -0.284 e. The Balaban J connectivity index is 3.05. The quantitative estimate of drug-likeness (QED) is 0.779. The summed E-state index contributed by atoms with van der Waals surface area (Å²) in [6.07, 6.45) is 1.00. The first-order chi connectivity index (χ1) is 6.92. The van der Waals surface area contributed by atoms with E-state index in [9.17, 15) is 12.8 Å². The molecule has 1 aromatic rings. The Morgan fingerprint density at radius 1 is 1.40 bits per heavy atom. The van der Waals surface area contributed by atoms with Gasteiger partial charge >= 0.3 is 0 Å². The summed E-state index contributed by atoms with van der Waals surface area (Å²) in [6.45, 7) is 1.60. The Morgan fingerprint density at radius 2 is 2.07 bits per heavy atom. The molecule has 1 N–H and O–H groups in total. The maximum absolute atomic E-state index is 13.3. The largest absolute Gasteiger partial charge is 0.284 e. The van der Waals surface area contributed by atoms with Gasteiger partial charge in [-0.2, -0.15) is 0 Å². The molecule has 0 amide bonds. The fourth-order valence-corrected chi connectivity index (χ4v) is 1.58. The normalized spacial score (nSPS) is 10.3. The zero-order chi connectivity index (χ0) is 11.5. The highest BCUT2D eigenvalue weighted by Gasteiger charge is 2.05. The van der Waals surface area contributed by atoms with Gasteiger partial charge in [-0.15, -0.1) is 5.92 Å². The maximum atomic E-state index is 13.3. The zero-order valence-electron chi connectivity index (χ0n) is 8.33. The topological polar surface area (TPSA) is 46.2 Å². The minimum atomic E-state index is -3.37. The Morgan fingerprint density at radius 3 is 2.53 bits per heavy atom. The smallest absolute Gasteiger partial charge is 0.229 e. The third-order valence-electron chi connectivity index (χ3n) is 1.53.